The molecule has 0 aliphatic rings. The van der Waals surface area contributed by atoms with Crippen molar-refractivity contribution in [3.05, 3.63) is 17.7 Å². The molecule has 1 amide bonds. The Morgan fingerprint density at radius 2 is 2.27 bits per heavy atom. The molecule has 0 atom stereocenters. The number of nitrogens with zero attached hydrogens (tertiary/aromatic N) is 1. The van der Waals surface area contributed by atoms with Crippen LogP contribution in [0.2, 0.25) is 0 Å². The molecular formula is C10H11N3O2. The summed E-state index contributed by atoms with van der Waals surface area (Å²) < 4.78 is 4.98. The van der Waals surface area contributed by atoms with Crippen molar-refractivity contribution in [2.45, 2.75) is 6.92 Å². The fourth-order valence-corrected chi connectivity index (χ4v) is 1.16. The van der Waals surface area contributed by atoms with Crippen LogP contribution in [-0.4, -0.2) is 13.0 Å². The number of rotatable bonds is 2. The van der Waals surface area contributed by atoms with E-state index in [2.05, 4.69) is 5.32 Å². The molecular weight excluding hydrogens is 194 g/mol. The Morgan fingerprint density at radius 1 is 1.60 bits per heavy atom. The molecule has 0 radical (unpaired) electrons. The van der Waals surface area contributed by atoms with Crippen molar-refractivity contribution in [2.75, 3.05) is 18.2 Å². The van der Waals surface area contributed by atoms with Crippen LogP contribution in [0.25, 0.3) is 0 Å². The number of anilines is 2. The first-order valence-corrected chi connectivity index (χ1v) is 4.23. The fourth-order valence-electron chi connectivity index (χ4n) is 1.16. The van der Waals surface area contributed by atoms with E-state index in [4.69, 9.17) is 15.7 Å². The summed E-state index contributed by atoms with van der Waals surface area (Å²) in [6.07, 6.45) is 0. The van der Waals surface area contributed by atoms with Gasteiger partial charge >= 0.3 is 0 Å². The van der Waals surface area contributed by atoms with Gasteiger partial charge in [0.2, 0.25) is 5.91 Å². The van der Waals surface area contributed by atoms with E-state index in [-0.39, 0.29) is 17.2 Å². The SMILES string of the molecule is COc1cc(NC(C)=O)cc(C#N)c1N. The Balaban J connectivity index is 3.22. The molecule has 0 saturated carbocycles. The fraction of sp³-hybridized carbons (Fsp3) is 0.200. The zero-order valence-electron chi connectivity index (χ0n) is 8.50. The minimum Gasteiger partial charge on any atom is -0.494 e. The highest BCUT2D eigenvalue weighted by molar-refractivity contribution is 5.90. The average Bonchev–Trinajstić information content (AvgIpc) is 2.19. The monoisotopic (exact) mass is 205 g/mol. The number of methoxy groups -OCH3 is 1. The van der Waals surface area contributed by atoms with Crippen LogP contribution in [0, 0.1) is 11.3 Å². The van der Waals surface area contributed by atoms with Crippen molar-refractivity contribution in [2.24, 2.45) is 0 Å². The number of hydrogen-bond acceptors (Lipinski definition) is 4. The number of nitrogens with two attached hydrogens (primary N) is 1. The minimum atomic E-state index is -0.217. The van der Waals surface area contributed by atoms with Gasteiger partial charge in [0.05, 0.1) is 18.4 Å². The summed E-state index contributed by atoms with van der Waals surface area (Å²) in [5.41, 5.74) is 6.68. The van der Waals surface area contributed by atoms with E-state index in [9.17, 15) is 4.79 Å². The van der Waals surface area contributed by atoms with Crippen LogP contribution in [0.3, 0.4) is 0 Å². The first-order chi connectivity index (χ1) is 7.08. The number of amides is 1. The number of nitrogens with one attached hydrogen (secondary N) is 1. The van der Waals surface area contributed by atoms with Gasteiger partial charge in [-0.25, -0.2) is 0 Å². The summed E-state index contributed by atoms with van der Waals surface area (Å²) in [6, 6.07) is 4.99. The number of nitriles is 1. The first-order valence-electron chi connectivity index (χ1n) is 4.23. The standard InChI is InChI=1S/C10H11N3O2/c1-6(14)13-8-3-7(5-11)10(12)9(4-8)15-2/h3-4H,12H2,1-2H3,(H,13,14). The number of nitrogen functional groups attached to an aromatic ring is 1. The minimum absolute atomic E-state index is 0.217. The van der Waals surface area contributed by atoms with Crippen LogP contribution < -0.4 is 15.8 Å². The van der Waals surface area contributed by atoms with E-state index in [0.29, 0.717) is 11.4 Å². The maximum atomic E-state index is 10.8. The second-order valence-corrected chi connectivity index (χ2v) is 2.93. The predicted octanol–water partition coefficient (Wildman–Crippen LogP) is 1.11. The summed E-state index contributed by atoms with van der Waals surface area (Å²) in [5, 5.41) is 11.4. The lowest BCUT2D eigenvalue weighted by Crippen LogP contribution is -2.07. The van der Waals surface area contributed by atoms with Gasteiger partial charge in [-0.15, -0.1) is 0 Å². The van der Waals surface area contributed by atoms with Crippen LogP contribution in [0.15, 0.2) is 12.1 Å². The normalized spacial score (nSPS) is 9.13. The molecule has 1 rings (SSSR count). The highest BCUT2D eigenvalue weighted by Crippen LogP contribution is 2.29. The van der Waals surface area contributed by atoms with Gasteiger partial charge in [0.25, 0.3) is 0 Å². The lowest BCUT2D eigenvalue weighted by atomic mass is 10.1. The van der Waals surface area contributed by atoms with Gasteiger partial charge in [0, 0.05) is 18.7 Å². The van der Waals surface area contributed by atoms with Gasteiger partial charge in [-0.05, 0) is 6.07 Å². The zero-order valence-corrected chi connectivity index (χ0v) is 8.50. The van der Waals surface area contributed by atoms with E-state index >= 15 is 0 Å². The highest BCUT2D eigenvalue weighted by atomic mass is 16.5. The number of hydrogen-bond donors (Lipinski definition) is 2. The molecule has 5 nitrogen and oxygen atoms in total. The van der Waals surface area contributed by atoms with Crippen LogP contribution in [0.5, 0.6) is 5.75 Å². The molecule has 0 bridgehead atoms. The molecule has 0 aromatic heterocycles. The van der Waals surface area contributed by atoms with Gasteiger partial charge in [-0.2, -0.15) is 5.26 Å². The Labute approximate surface area is 87.4 Å². The Morgan fingerprint density at radius 3 is 2.73 bits per heavy atom. The molecule has 0 heterocycles. The van der Waals surface area contributed by atoms with Crippen molar-refractivity contribution in [3.63, 3.8) is 0 Å². The lowest BCUT2D eigenvalue weighted by molar-refractivity contribution is -0.114. The summed E-state index contributed by atoms with van der Waals surface area (Å²) in [6.45, 7) is 1.38. The number of carbonyl (C=O) groups excluding carboxylic acids is 1. The molecule has 5 heteroatoms. The Kier molecular flexibility index (Phi) is 3.13. The first kappa shape index (κ1) is 10.9. The van der Waals surface area contributed by atoms with Gasteiger partial charge in [0.1, 0.15) is 11.8 Å². The summed E-state index contributed by atoms with van der Waals surface area (Å²) in [7, 11) is 1.45. The third kappa shape index (κ3) is 2.38. The van der Waals surface area contributed by atoms with Gasteiger partial charge in [-0.1, -0.05) is 0 Å². The second kappa shape index (κ2) is 4.33. The molecule has 15 heavy (non-hydrogen) atoms. The topological polar surface area (TPSA) is 88.1 Å². The number of carbonyl (C=O) groups is 1. The molecule has 78 valence electrons. The molecule has 0 aliphatic carbocycles. The summed E-state index contributed by atoms with van der Waals surface area (Å²) in [4.78, 5) is 10.8. The zero-order chi connectivity index (χ0) is 11.4. The maximum Gasteiger partial charge on any atom is 0.221 e. The van der Waals surface area contributed by atoms with Crippen LogP contribution >= 0.6 is 0 Å². The molecule has 0 unspecified atom stereocenters. The molecule has 1 aromatic carbocycles. The largest absolute Gasteiger partial charge is 0.494 e. The quantitative estimate of drug-likeness (QED) is 0.708. The van der Waals surface area contributed by atoms with E-state index in [1.165, 1.54) is 20.1 Å². The highest BCUT2D eigenvalue weighted by Gasteiger charge is 2.08. The lowest BCUT2D eigenvalue weighted by Gasteiger charge is -2.09. The van der Waals surface area contributed by atoms with Crippen LogP contribution in [0.4, 0.5) is 11.4 Å². The van der Waals surface area contributed by atoms with Crippen molar-refractivity contribution < 1.29 is 9.53 Å². The van der Waals surface area contributed by atoms with E-state index in [1.54, 1.807) is 6.07 Å². The molecule has 3 N–H and O–H groups in total. The molecule has 0 spiro atoms. The third-order valence-electron chi connectivity index (χ3n) is 1.80. The molecule has 0 fully saturated rings. The van der Waals surface area contributed by atoms with Crippen molar-refractivity contribution >= 4 is 17.3 Å². The maximum absolute atomic E-state index is 10.8. The molecule has 1 aromatic rings. The van der Waals surface area contributed by atoms with Gasteiger partial charge in [-0.3, -0.25) is 4.79 Å². The van der Waals surface area contributed by atoms with E-state index in [0.717, 1.165) is 0 Å². The van der Waals surface area contributed by atoms with Crippen molar-refractivity contribution in [1.82, 2.24) is 0 Å². The van der Waals surface area contributed by atoms with E-state index < -0.39 is 0 Å². The Hall–Kier alpha value is -2.22. The molecule has 0 saturated heterocycles. The number of benzene rings is 1. The van der Waals surface area contributed by atoms with Gasteiger partial charge in [0.15, 0.2) is 0 Å². The van der Waals surface area contributed by atoms with Crippen molar-refractivity contribution in [3.8, 4) is 11.8 Å². The smallest absolute Gasteiger partial charge is 0.221 e. The predicted molar refractivity (Wildman–Crippen MR) is 56.4 cm³/mol. The second-order valence-electron chi connectivity index (χ2n) is 2.93. The van der Waals surface area contributed by atoms with Crippen LogP contribution in [0.1, 0.15) is 12.5 Å². The van der Waals surface area contributed by atoms with Gasteiger partial charge < -0.3 is 15.8 Å². The number of ether oxygens (including phenoxy) is 1. The van der Waals surface area contributed by atoms with E-state index in [1.807, 2.05) is 6.07 Å². The third-order valence-corrected chi connectivity index (χ3v) is 1.80. The average molecular weight is 205 g/mol. The van der Waals surface area contributed by atoms with Crippen molar-refractivity contribution in [1.29, 1.82) is 5.26 Å². The summed E-state index contributed by atoms with van der Waals surface area (Å²) >= 11 is 0. The summed E-state index contributed by atoms with van der Waals surface area (Å²) in [5.74, 6) is 0.156. The van der Waals surface area contributed by atoms with Crippen LogP contribution in [-0.2, 0) is 4.79 Å². The molecule has 0 aliphatic heterocycles. The Bertz CT molecular complexity index is 435.